The van der Waals surface area contributed by atoms with Crippen LogP contribution in [0.1, 0.15) is 30.0 Å². The van der Waals surface area contributed by atoms with Gasteiger partial charge in [-0.2, -0.15) is 13.2 Å². The van der Waals surface area contributed by atoms with Crippen molar-refractivity contribution in [3.63, 3.8) is 0 Å². The molecule has 0 fully saturated rings. The number of carboxylic acids is 2. The van der Waals surface area contributed by atoms with E-state index in [4.69, 9.17) is 20.4 Å². The molecular formula is C22H23F3N2O6. The number of nitrogens with zero attached hydrogens (tertiary/aromatic N) is 1. The Balaban J connectivity index is 0.000000479. The number of carbonyl (C=O) groups is 3. The first-order valence-electron chi connectivity index (χ1n) is 9.82. The molecule has 2 aromatic rings. The lowest BCUT2D eigenvalue weighted by Gasteiger charge is -2.34. The normalized spacial score (nSPS) is 13.1. The maximum atomic E-state index is 12.6. The van der Waals surface area contributed by atoms with Crippen LogP contribution in [-0.4, -0.2) is 59.0 Å². The minimum Gasteiger partial charge on any atom is -0.480 e. The van der Waals surface area contributed by atoms with Gasteiger partial charge in [0.05, 0.1) is 13.2 Å². The zero-order chi connectivity index (χ0) is 24.8. The summed E-state index contributed by atoms with van der Waals surface area (Å²) < 4.78 is 36.7. The second-order valence-electron chi connectivity index (χ2n) is 7.04. The molecule has 0 bridgehead atoms. The Morgan fingerprint density at radius 1 is 1.03 bits per heavy atom. The Labute approximate surface area is 187 Å². The lowest BCUT2D eigenvalue weighted by molar-refractivity contribution is -0.192. The summed E-state index contributed by atoms with van der Waals surface area (Å²) in [4.78, 5) is 34.8. The van der Waals surface area contributed by atoms with E-state index in [-0.39, 0.29) is 6.42 Å². The number of carbonyl (C=O) groups excluding carboxylic acids is 1. The summed E-state index contributed by atoms with van der Waals surface area (Å²) in [5.74, 6) is -3.82. The molecule has 1 amide bonds. The summed E-state index contributed by atoms with van der Waals surface area (Å²) in [6.45, 7) is 0.358. The van der Waals surface area contributed by atoms with Gasteiger partial charge in [0.25, 0.3) is 0 Å². The van der Waals surface area contributed by atoms with E-state index < -0.39 is 36.3 Å². The number of methoxy groups -OCH3 is 1. The molecule has 1 atom stereocenters. The molecule has 0 spiro atoms. The van der Waals surface area contributed by atoms with Crippen molar-refractivity contribution in [2.24, 2.45) is 5.73 Å². The summed E-state index contributed by atoms with van der Waals surface area (Å²) in [5, 5.41) is 16.9. The van der Waals surface area contributed by atoms with Crippen LogP contribution in [0, 0.1) is 0 Å². The van der Waals surface area contributed by atoms with Crippen LogP contribution in [-0.2, 0) is 14.3 Å². The third kappa shape index (κ3) is 5.80. The number of halogens is 3. The van der Waals surface area contributed by atoms with E-state index >= 15 is 0 Å². The Morgan fingerprint density at radius 3 is 1.85 bits per heavy atom. The van der Waals surface area contributed by atoms with Crippen LogP contribution in [0.25, 0.3) is 11.1 Å². The van der Waals surface area contributed by atoms with Crippen molar-refractivity contribution in [1.82, 2.24) is 4.90 Å². The lowest BCUT2D eigenvalue weighted by atomic mass is 10.00. The van der Waals surface area contributed by atoms with Crippen LogP contribution in [0.2, 0.25) is 0 Å². The van der Waals surface area contributed by atoms with Gasteiger partial charge in [-0.1, -0.05) is 48.5 Å². The number of alkyl halides is 3. The molecule has 0 aromatic heterocycles. The smallest absolute Gasteiger partial charge is 0.480 e. The van der Waals surface area contributed by atoms with E-state index in [1.54, 1.807) is 0 Å². The second-order valence-corrected chi connectivity index (χ2v) is 7.04. The molecule has 1 aliphatic rings. The van der Waals surface area contributed by atoms with E-state index in [9.17, 15) is 27.9 Å². The van der Waals surface area contributed by atoms with E-state index in [2.05, 4.69) is 0 Å². The number of rotatable bonds is 6. The van der Waals surface area contributed by atoms with Gasteiger partial charge < -0.3 is 20.7 Å². The summed E-state index contributed by atoms with van der Waals surface area (Å²) in [6, 6.07) is 14.0. The zero-order valence-electron chi connectivity index (χ0n) is 17.6. The second kappa shape index (κ2) is 10.8. The van der Waals surface area contributed by atoms with Gasteiger partial charge in [0.15, 0.2) is 0 Å². The maximum absolute atomic E-state index is 12.6. The molecular weight excluding hydrogens is 445 g/mol. The Kier molecular flexibility index (Phi) is 8.41. The van der Waals surface area contributed by atoms with Gasteiger partial charge in [-0.15, -0.1) is 0 Å². The average Bonchev–Trinajstić information content (AvgIpc) is 3.10. The largest absolute Gasteiger partial charge is 0.490 e. The number of hydrogen-bond donors (Lipinski definition) is 3. The molecule has 33 heavy (non-hydrogen) atoms. The molecule has 4 N–H and O–H groups in total. The number of aliphatic carboxylic acids is 2. The van der Waals surface area contributed by atoms with Gasteiger partial charge >= 0.3 is 24.2 Å². The number of ether oxygens (including phenoxy) is 1. The lowest BCUT2D eigenvalue weighted by Crippen LogP contribution is -2.47. The van der Waals surface area contributed by atoms with Gasteiger partial charge in [-0.25, -0.2) is 14.4 Å². The zero-order valence-corrected chi connectivity index (χ0v) is 17.6. The van der Waals surface area contributed by atoms with Crippen LogP contribution in [0.4, 0.5) is 18.0 Å². The maximum Gasteiger partial charge on any atom is 0.490 e. The number of hydrogen-bond acceptors (Lipinski definition) is 5. The average molecular weight is 468 g/mol. The number of amides is 1. The van der Waals surface area contributed by atoms with Crippen LogP contribution < -0.4 is 5.73 Å². The summed E-state index contributed by atoms with van der Waals surface area (Å²) in [7, 11) is 1.27. The molecule has 0 radical (unpaired) electrons. The third-order valence-electron chi connectivity index (χ3n) is 5.01. The molecule has 0 aliphatic heterocycles. The van der Waals surface area contributed by atoms with Crippen molar-refractivity contribution in [3.05, 3.63) is 59.7 Å². The molecule has 0 saturated heterocycles. The number of nitrogens with two attached hydrogens (primary N) is 1. The fourth-order valence-electron chi connectivity index (χ4n) is 3.64. The molecule has 178 valence electrons. The van der Waals surface area contributed by atoms with Crippen molar-refractivity contribution in [3.8, 4) is 11.1 Å². The number of carboxylic acid groups (broad SMARTS) is 2. The van der Waals surface area contributed by atoms with Crippen molar-refractivity contribution in [2.45, 2.75) is 31.1 Å². The predicted octanol–water partition coefficient (Wildman–Crippen LogP) is 3.65. The van der Waals surface area contributed by atoms with Crippen LogP contribution >= 0.6 is 0 Å². The van der Waals surface area contributed by atoms with Crippen molar-refractivity contribution in [2.75, 3.05) is 13.7 Å². The highest BCUT2D eigenvalue weighted by Crippen LogP contribution is 2.47. The quantitative estimate of drug-likeness (QED) is 0.590. The molecule has 11 heteroatoms. The number of benzene rings is 2. The SMILES string of the molecule is COC(=O)N(C1c2ccccc2-c2ccccc21)[C@@H](CCCN)C(=O)O.O=C(O)C(F)(F)F. The molecule has 0 unspecified atom stereocenters. The highest BCUT2D eigenvalue weighted by Gasteiger charge is 2.42. The van der Waals surface area contributed by atoms with Gasteiger partial charge in [0.1, 0.15) is 6.04 Å². The van der Waals surface area contributed by atoms with E-state index in [1.807, 2.05) is 48.5 Å². The van der Waals surface area contributed by atoms with Crippen LogP contribution in [0.5, 0.6) is 0 Å². The fourth-order valence-corrected chi connectivity index (χ4v) is 3.64. The highest BCUT2D eigenvalue weighted by atomic mass is 19.4. The first kappa shape index (κ1) is 25.7. The minimum atomic E-state index is -5.08. The topological polar surface area (TPSA) is 130 Å². The van der Waals surface area contributed by atoms with E-state index in [1.165, 1.54) is 12.0 Å². The predicted molar refractivity (Wildman–Crippen MR) is 111 cm³/mol. The van der Waals surface area contributed by atoms with Crippen molar-refractivity contribution in [1.29, 1.82) is 0 Å². The third-order valence-corrected chi connectivity index (χ3v) is 5.01. The highest BCUT2D eigenvalue weighted by molar-refractivity contribution is 5.85. The molecule has 0 heterocycles. The summed E-state index contributed by atoms with van der Waals surface area (Å²) in [6.07, 6.45) is -4.98. The summed E-state index contributed by atoms with van der Waals surface area (Å²) >= 11 is 0. The Hall–Kier alpha value is -3.60. The monoisotopic (exact) mass is 468 g/mol. The van der Waals surface area contributed by atoms with Gasteiger partial charge in [-0.3, -0.25) is 4.90 Å². The van der Waals surface area contributed by atoms with Crippen LogP contribution in [0.3, 0.4) is 0 Å². The Morgan fingerprint density at radius 2 is 1.48 bits per heavy atom. The first-order chi connectivity index (χ1) is 15.5. The number of fused-ring (bicyclic) bond motifs is 3. The molecule has 2 aromatic carbocycles. The van der Waals surface area contributed by atoms with Crippen molar-refractivity contribution >= 4 is 18.0 Å². The molecule has 3 rings (SSSR count). The van der Waals surface area contributed by atoms with Gasteiger partial charge in [0.2, 0.25) is 0 Å². The molecule has 1 aliphatic carbocycles. The standard InChI is InChI=1S/C20H22N2O4.C2HF3O2/c1-26-20(25)22(17(19(23)24)11-6-12-21)18-15-9-4-2-7-13(15)14-8-3-5-10-16(14)18;3-2(4,5)1(6)7/h2-5,7-10,17-18H,6,11-12,21H2,1H3,(H,23,24);(H,6,7)/t17-;/m0./s1. The minimum absolute atomic E-state index is 0.266. The fraction of sp³-hybridized carbons (Fsp3) is 0.318. The molecule has 0 saturated carbocycles. The van der Waals surface area contributed by atoms with Crippen LogP contribution in [0.15, 0.2) is 48.5 Å². The summed E-state index contributed by atoms with van der Waals surface area (Å²) in [5.41, 5.74) is 9.38. The van der Waals surface area contributed by atoms with Gasteiger partial charge in [0, 0.05) is 0 Å². The first-order valence-corrected chi connectivity index (χ1v) is 9.82. The van der Waals surface area contributed by atoms with Gasteiger partial charge in [-0.05, 0) is 41.6 Å². The van der Waals surface area contributed by atoms with E-state index in [0.29, 0.717) is 13.0 Å². The Bertz CT molecular complexity index is 966. The molecule has 8 nitrogen and oxygen atoms in total. The van der Waals surface area contributed by atoms with E-state index in [0.717, 1.165) is 22.3 Å². The van der Waals surface area contributed by atoms with Crippen molar-refractivity contribution < 1.29 is 42.5 Å².